The maximum Gasteiger partial charge on any atom is 0.165 e. The van der Waals surface area contributed by atoms with Gasteiger partial charge in [-0.25, -0.2) is 0 Å². The Morgan fingerprint density at radius 2 is 2.21 bits per heavy atom. The molecule has 0 saturated carbocycles. The molecule has 0 aliphatic carbocycles. The highest BCUT2D eigenvalue weighted by atomic mass is 35.5. The minimum atomic E-state index is 0.0903. The molecule has 0 amide bonds. The lowest BCUT2D eigenvalue weighted by molar-refractivity contribution is 0.0964. The van der Waals surface area contributed by atoms with Crippen LogP contribution in [0.25, 0.3) is 0 Å². The van der Waals surface area contributed by atoms with E-state index >= 15 is 0 Å². The number of ketones is 1. The smallest absolute Gasteiger partial charge is 0.165 e. The van der Waals surface area contributed by atoms with Crippen LogP contribution in [-0.4, -0.2) is 5.78 Å². The summed E-state index contributed by atoms with van der Waals surface area (Å²) >= 11 is 12.9. The van der Waals surface area contributed by atoms with Crippen molar-refractivity contribution >= 4 is 40.3 Å². The van der Waals surface area contributed by atoms with Crippen molar-refractivity contribution in [2.24, 2.45) is 5.92 Å². The molecule has 0 fully saturated rings. The van der Waals surface area contributed by atoms with Gasteiger partial charge in [-0.2, -0.15) is 0 Å². The maximum atomic E-state index is 11.7. The molecule has 0 saturated heterocycles. The van der Waals surface area contributed by atoms with Crippen LogP contribution >= 0.6 is 34.5 Å². The average molecular weight is 251 g/mol. The van der Waals surface area contributed by atoms with Crippen molar-refractivity contribution in [2.75, 3.05) is 0 Å². The lowest BCUT2D eigenvalue weighted by atomic mass is 9.99. The summed E-state index contributed by atoms with van der Waals surface area (Å²) in [7, 11) is 0. The Morgan fingerprint density at radius 1 is 1.57 bits per heavy atom. The van der Waals surface area contributed by atoms with Gasteiger partial charge in [0, 0.05) is 12.0 Å². The molecule has 1 aromatic rings. The molecule has 14 heavy (non-hydrogen) atoms. The van der Waals surface area contributed by atoms with Crippen LogP contribution in [0.15, 0.2) is 6.07 Å². The topological polar surface area (TPSA) is 17.1 Å². The summed E-state index contributed by atoms with van der Waals surface area (Å²) in [6.07, 6.45) is 1.55. The van der Waals surface area contributed by atoms with Crippen LogP contribution in [-0.2, 0) is 0 Å². The van der Waals surface area contributed by atoms with Crippen molar-refractivity contribution in [3.8, 4) is 0 Å². The fraction of sp³-hybridized carbons (Fsp3) is 0.500. The molecule has 1 aromatic heterocycles. The number of thiophene rings is 1. The summed E-state index contributed by atoms with van der Waals surface area (Å²) in [5.74, 6) is 0.491. The third-order valence-corrected chi connectivity index (χ3v) is 3.68. The van der Waals surface area contributed by atoms with Gasteiger partial charge in [0.05, 0.1) is 4.34 Å². The van der Waals surface area contributed by atoms with E-state index in [2.05, 4.69) is 13.8 Å². The van der Waals surface area contributed by atoms with Crippen molar-refractivity contribution in [3.05, 3.63) is 20.3 Å². The van der Waals surface area contributed by atoms with E-state index in [4.69, 9.17) is 23.2 Å². The summed E-state index contributed by atoms with van der Waals surface area (Å²) in [6.45, 7) is 4.12. The van der Waals surface area contributed by atoms with Crippen LogP contribution in [0.2, 0.25) is 8.67 Å². The van der Waals surface area contributed by atoms with Gasteiger partial charge in [0.15, 0.2) is 5.78 Å². The van der Waals surface area contributed by atoms with Crippen LogP contribution < -0.4 is 0 Å². The van der Waals surface area contributed by atoms with Gasteiger partial charge in [-0.15, -0.1) is 11.3 Å². The Hall–Kier alpha value is -0.0500. The number of hydrogen-bond acceptors (Lipinski definition) is 2. The summed E-state index contributed by atoms with van der Waals surface area (Å²) in [5, 5.41) is 0. The predicted octanol–water partition coefficient (Wildman–Crippen LogP) is 4.67. The van der Waals surface area contributed by atoms with Crippen LogP contribution in [0.5, 0.6) is 0 Å². The second kappa shape index (κ2) is 5.15. The summed E-state index contributed by atoms with van der Waals surface area (Å²) in [6, 6.07) is 1.65. The maximum absolute atomic E-state index is 11.7. The number of rotatable bonds is 4. The van der Waals surface area contributed by atoms with Crippen LogP contribution in [0.3, 0.4) is 0 Å². The number of carbonyl (C=O) groups excluding carboxylic acids is 1. The molecule has 0 aliphatic rings. The lowest BCUT2D eigenvalue weighted by Gasteiger charge is -2.05. The average Bonchev–Trinajstić information content (AvgIpc) is 2.45. The molecule has 0 aromatic carbocycles. The zero-order valence-corrected chi connectivity index (χ0v) is 10.5. The molecule has 0 spiro atoms. The first kappa shape index (κ1) is 12.0. The number of hydrogen-bond donors (Lipinski definition) is 0. The number of carbonyl (C=O) groups is 1. The van der Waals surface area contributed by atoms with E-state index in [1.807, 2.05) is 0 Å². The van der Waals surface area contributed by atoms with E-state index in [1.54, 1.807) is 6.07 Å². The Bertz CT molecular complexity index is 333. The molecule has 0 radical (unpaired) electrons. The highest BCUT2D eigenvalue weighted by Gasteiger charge is 2.15. The highest BCUT2D eigenvalue weighted by molar-refractivity contribution is 7.20. The third kappa shape index (κ3) is 2.97. The summed E-state index contributed by atoms with van der Waals surface area (Å²) in [4.78, 5) is 11.7. The van der Waals surface area contributed by atoms with E-state index < -0.39 is 0 Å². The van der Waals surface area contributed by atoms with Gasteiger partial charge in [0.2, 0.25) is 0 Å². The van der Waals surface area contributed by atoms with E-state index in [1.165, 1.54) is 11.3 Å². The molecular formula is C10H12Cl2OS. The Kier molecular flexibility index (Phi) is 4.42. The van der Waals surface area contributed by atoms with Crippen molar-refractivity contribution < 1.29 is 4.79 Å². The quantitative estimate of drug-likeness (QED) is 0.710. The van der Waals surface area contributed by atoms with Crippen LogP contribution in [0.1, 0.15) is 37.0 Å². The molecule has 0 N–H and O–H groups in total. The van der Waals surface area contributed by atoms with Gasteiger partial charge >= 0.3 is 0 Å². The number of Topliss-reactive ketones (excluding diaryl/α,β-unsaturated/α-hetero) is 1. The van der Waals surface area contributed by atoms with Crippen molar-refractivity contribution in [3.63, 3.8) is 0 Å². The zero-order chi connectivity index (χ0) is 10.7. The second-order valence-electron chi connectivity index (χ2n) is 3.38. The van der Waals surface area contributed by atoms with E-state index in [9.17, 15) is 4.79 Å². The molecule has 0 aliphatic heterocycles. The standard InChI is InChI=1S/C10H12Cl2OS/c1-3-6(2)4-8(13)7-5-9(11)14-10(7)12/h5-6H,3-4H2,1-2H3. The first-order chi connectivity index (χ1) is 6.54. The first-order valence-electron chi connectivity index (χ1n) is 4.52. The van der Waals surface area contributed by atoms with E-state index in [0.717, 1.165) is 6.42 Å². The SMILES string of the molecule is CCC(C)CC(=O)c1cc(Cl)sc1Cl. The zero-order valence-electron chi connectivity index (χ0n) is 8.14. The van der Waals surface area contributed by atoms with Gasteiger partial charge in [-0.1, -0.05) is 43.5 Å². The molecule has 78 valence electrons. The van der Waals surface area contributed by atoms with Gasteiger partial charge in [-0.05, 0) is 12.0 Å². The fourth-order valence-electron chi connectivity index (χ4n) is 1.10. The molecule has 1 rings (SSSR count). The fourth-order valence-corrected chi connectivity index (χ4v) is 2.60. The third-order valence-electron chi connectivity index (χ3n) is 2.19. The number of halogens is 2. The van der Waals surface area contributed by atoms with E-state index in [0.29, 0.717) is 26.6 Å². The monoisotopic (exact) mass is 250 g/mol. The normalized spacial score (nSPS) is 12.9. The minimum absolute atomic E-state index is 0.0903. The van der Waals surface area contributed by atoms with Crippen LogP contribution in [0.4, 0.5) is 0 Å². The first-order valence-corrected chi connectivity index (χ1v) is 6.09. The van der Waals surface area contributed by atoms with Crippen molar-refractivity contribution in [1.82, 2.24) is 0 Å². The van der Waals surface area contributed by atoms with E-state index in [-0.39, 0.29) is 5.78 Å². The van der Waals surface area contributed by atoms with Crippen molar-refractivity contribution in [2.45, 2.75) is 26.7 Å². The Labute approximate surface area is 98.0 Å². The van der Waals surface area contributed by atoms with Crippen LogP contribution in [0, 0.1) is 5.92 Å². The largest absolute Gasteiger partial charge is 0.294 e. The molecule has 1 unspecified atom stereocenters. The molecule has 1 atom stereocenters. The lowest BCUT2D eigenvalue weighted by Crippen LogP contribution is -2.04. The molecule has 1 heterocycles. The molecule has 1 nitrogen and oxygen atoms in total. The van der Waals surface area contributed by atoms with Gasteiger partial charge in [0.1, 0.15) is 4.34 Å². The second-order valence-corrected chi connectivity index (χ2v) is 5.66. The summed E-state index contributed by atoms with van der Waals surface area (Å²) < 4.78 is 1.07. The highest BCUT2D eigenvalue weighted by Crippen LogP contribution is 2.32. The van der Waals surface area contributed by atoms with Gasteiger partial charge in [0.25, 0.3) is 0 Å². The minimum Gasteiger partial charge on any atom is -0.294 e. The molecular weight excluding hydrogens is 239 g/mol. The predicted molar refractivity (Wildman–Crippen MR) is 62.7 cm³/mol. The Morgan fingerprint density at radius 3 is 2.64 bits per heavy atom. The van der Waals surface area contributed by atoms with Gasteiger partial charge < -0.3 is 0 Å². The Balaban J connectivity index is 2.74. The summed E-state index contributed by atoms with van der Waals surface area (Å²) in [5.41, 5.74) is 0.571. The van der Waals surface area contributed by atoms with Crippen molar-refractivity contribution in [1.29, 1.82) is 0 Å². The van der Waals surface area contributed by atoms with Gasteiger partial charge in [-0.3, -0.25) is 4.79 Å². The molecule has 4 heteroatoms. The molecule has 0 bridgehead atoms.